The molecule has 1 aliphatic heterocycles. The van der Waals surface area contributed by atoms with Crippen molar-refractivity contribution in [2.75, 3.05) is 33.3 Å². The van der Waals surface area contributed by atoms with Gasteiger partial charge in [0.25, 0.3) is 0 Å². The number of rotatable bonds is 7. The van der Waals surface area contributed by atoms with Crippen molar-refractivity contribution in [3.63, 3.8) is 0 Å². The van der Waals surface area contributed by atoms with Gasteiger partial charge in [0, 0.05) is 25.7 Å². The first-order valence-corrected chi connectivity index (χ1v) is 6.64. The molecule has 1 saturated heterocycles. The van der Waals surface area contributed by atoms with Crippen LogP contribution in [0.2, 0.25) is 0 Å². The molecular formula is C13H26N2O2. The van der Waals surface area contributed by atoms with Crippen molar-refractivity contribution in [3.05, 3.63) is 0 Å². The Morgan fingerprint density at radius 2 is 2.29 bits per heavy atom. The van der Waals surface area contributed by atoms with E-state index in [2.05, 4.69) is 24.1 Å². The fourth-order valence-electron chi connectivity index (χ4n) is 2.35. The van der Waals surface area contributed by atoms with Gasteiger partial charge in [-0.3, -0.25) is 4.79 Å². The number of carbonyl (C=O) groups is 1. The highest BCUT2D eigenvalue weighted by atomic mass is 16.5. The molecule has 0 saturated carbocycles. The molecule has 4 heteroatoms. The van der Waals surface area contributed by atoms with Gasteiger partial charge in [-0.2, -0.15) is 0 Å². The van der Waals surface area contributed by atoms with Crippen LogP contribution in [0.1, 0.15) is 33.1 Å². The minimum absolute atomic E-state index is 0.113. The zero-order valence-corrected chi connectivity index (χ0v) is 11.4. The molecule has 1 heterocycles. The van der Waals surface area contributed by atoms with Crippen LogP contribution in [0.4, 0.5) is 0 Å². The van der Waals surface area contributed by atoms with Gasteiger partial charge in [-0.1, -0.05) is 13.8 Å². The van der Waals surface area contributed by atoms with Crippen molar-refractivity contribution in [1.29, 1.82) is 0 Å². The summed E-state index contributed by atoms with van der Waals surface area (Å²) >= 11 is 0. The van der Waals surface area contributed by atoms with E-state index in [1.165, 1.54) is 20.0 Å². The van der Waals surface area contributed by atoms with E-state index in [4.69, 9.17) is 4.74 Å². The molecule has 0 radical (unpaired) electrons. The summed E-state index contributed by atoms with van der Waals surface area (Å²) in [6.07, 6.45) is 3.03. The van der Waals surface area contributed by atoms with Gasteiger partial charge in [-0.25, -0.2) is 0 Å². The Hall–Kier alpha value is -0.610. The number of methoxy groups -OCH3 is 1. The highest BCUT2D eigenvalue weighted by Gasteiger charge is 2.19. The van der Waals surface area contributed by atoms with E-state index in [1.807, 2.05) is 0 Å². The van der Waals surface area contributed by atoms with Gasteiger partial charge in [0.2, 0.25) is 0 Å². The van der Waals surface area contributed by atoms with Gasteiger partial charge in [-0.05, 0) is 25.3 Å². The molecule has 1 aliphatic rings. The number of nitrogens with one attached hydrogen (secondary N) is 1. The maximum Gasteiger partial charge on any atom is 0.306 e. The lowest BCUT2D eigenvalue weighted by molar-refractivity contribution is -0.141. The fourth-order valence-corrected chi connectivity index (χ4v) is 2.35. The highest BCUT2D eigenvalue weighted by molar-refractivity contribution is 5.69. The van der Waals surface area contributed by atoms with Crippen LogP contribution >= 0.6 is 0 Å². The number of esters is 1. The lowest BCUT2D eigenvalue weighted by Crippen LogP contribution is -2.40. The summed E-state index contributed by atoms with van der Waals surface area (Å²) in [5.41, 5.74) is 0. The first-order chi connectivity index (χ1) is 8.11. The van der Waals surface area contributed by atoms with E-state index >= 15 is 0 Å². The monoisotopic (exact) mass is 242 g/mol. The van der Waals surface area contributed by atoms with Crippen molar-refractivity contribution in [3.8, 4) is 0 Å². The molecule has 0 aromatic carbocycles. The van der Waals surface area contributed by atoms with Crippen molar-refractivity contribution < 1.29 is 9.53 Å². The Morgan fingerprint density at radius 3 is 2.82 bits per heavy atom. The number of hydrogen-bond donors (Lipinski definition) is 1. The highest BCUT2D eigenvalue weighted by Crippen LogP contribution is 2.09. The number of nitrogens with zero attached hydrogens (tertiary/aromatic N) is 1. The first-order valence-electron chi connectivity index (χ1n) is 6.64. The van der Waals surface area contributed by atoms with Gasteiger partial charge < -0.3 is 15.0 Å². The zero-order chi connectivity index (χ0) is 12.7. The molecule has 0 aromatic heterocycles. The first kappa shape index (κ1) is 14.5. The standard InChI is InChI=1S/C13H26N2O2/c1-11(2)9-15(8-6-13(16)17-3)10-12-5-4-7-14-12/h11-12,14H,4-10H2,1-3H3. The van der Waals surface area contributed by atoms with Gasteiger partial charge in [-0.15, -0.1) is 0 Å². The normalized spacial score (nSPS) is 20.2. The molecule has 1 unspecified atom stereocenters. The molecule has 1 fully saturated rings. The van der Waals surface area contributed by atoms with Crippen molar-refractivity contribution in [2.45, 2.75) is 39.2 Å². The third-order valence-electron chi connectivity index (χ3n) is 3.12. The van der Waals surface area contributed by atoms with E-state index in [0.717, 1.165) is 26.2 Å². The molecule has 0 aromatic rings. The van der Waals surface area contributed by atoms with Crippen molar-refractivity contribution in [2.24, 2.45) is 5.92 Å². The quantitative estimate of drug-likeness (QED) is 0.682. The largest absolute Gasteiger partial charge is 0.469 e. The molecular weight excluding hydrogens is 216 g/mol. The molecule has 100 valence electrons. The second-order valence-electron chi connectivity index (χ2n) is 5.27. The second kappa shape index (κ2) is 7.67. The lowest BCUT2D eigenvalue weighted by atomic mass is 10.1. The average Bonchev–Trinajstić information content (AvgIpc) is 2.77. The van der Waals surface area contributed by atoms with E-state index in [9.17, 15) is 4.79 Å². The van der Waals surface area contributed by atoms with Crippen LogP contribution < -0.4 is 5.32 Å². The molecule has 17 heavy (non-hydrogen) atoms. The molecule has 4 nitrogen and oxygen atoms in total. The van der Waals surface area contributed by atoms with E-state index in [-0.39, 0.29) is 5.97 Å². The lowest BCUT2D eigenvalue weighted by Gasteiger charge is -2.26. The average molecular weight is 242 g/mol. The van der Waals surface area contributed by atoms with Crippen LogP contribution in [-0.4, -0.2) is 50.2 Å². The van der Waals surface area contributed by atoms with Crippen LogP contribution in [0, 0.1) is 5.92 Å². The van der Waals surface area contributed by atoms with Gasteiger partial charge in [0.05, 0.1) is 13.5 Å². The molecule has 0 spiro atoms. The molecule has 0 aliphatic carbocycles. The Bertz CT molecular complexity index is 225. The third kappa shape index (κ3) is 6.03. The van der Waals surface area contributed by atoms with Gasteiger partial charge >= 0.3 is 5.97 Å². The van der Waals surface area contributed by atoms with Crippen LogP contribution in [0.3, 0.4) is 0 Å². The summed E-state index contributed by atoms with van der Waals surface area (Å²) in [5.74, 6) is 0.521. The molecule has 1 atom stereocenters. The Kier molecular flexibility index (Phi) is 6.52. The Morgan fingerprint density at radius 1 is 1.53 bits per heavy atom. The van der Waals surface area contributed by atoms with E-state index < -0.39 is 0 Å². The van der Waals surface area contributed by atoms with E-state index in [0.29, 0.717) is 18.4 Å². The van der Waals surface area contributed by atoms with E-state index in [1.54, 1.807) is 0 Å². The maximum atomic E-state index is 11.2. The zero-order valence-electron chi connectivity index (χ0n) is 11.4. The smallest absolute Gasteiger partial charge is 0.306 e. The summed E-state index contributed by atoms with van der Waals surface area (Å²) < 4.78 is 4.69. The molecule has 1 N–H and O–H groups in total. The van der Waals surface area contributed by atoms with Crippen LogP contribution in [0.5, 0.6) is 0 Å². The number of ether oxygens (including phenoxy) is 1. The minimum atomic E-state index is -0.113. The van der Waals surface area contributed by atoms with Crippen LogP contribution in [0.25, 0.3) is 0 Å². The predicted octanol–water partition coefficient (Wildman–Crippen LogP) is 1.26. The summed E-state index contributed by atoms with van der Waals surface area (Å²) in [6.45, 7) is 8.48. The third-order valence-corrected chi connectivity index (χ3v) is 3.12. The number of carbonyl (C=O) groups excluding carboxylic acids is 1. The molecule has 0 amide bonds. The summed E-state index contributed by atoms with van der Waals surface area (Å²) in [6, 6.07) is 0.603. The Balaban J connectivity index is 2.33. The maximum absolute atomic E-state index is 11.2. The summed E-state index contributed by atoms with van der Waals surface area (Å²) in [5, 5.41) is 3.50. The second-order valence-corrected chi connectivity index (χ2v) is 5.27. The number of hydrogen-bond acceptors (Lipinski definition) is 4. The fraction of sp³-hybridized carbons (Fsp3) is 0.923. The van der Waals surface area contributed by atoms with Gasteiger partial charge in [0.1, 0.15) is 0 Å². The minimum Gasteiger partial charge on any atom is -0.469 e. The van der Waals surface area contributed by atoms with Crippen LogP contribution in [0.15, 0.2) is 0 Å². The summed E-state index contributed by atoms with van der Waals surface area (Å²) in [7, 11) is 1.45. The summed E-state index contributed by atoms with van der Waals surface area (Å²) in [4.78, 5) is 13.6. The molecule has 0 bridgehead atoms. The SMILES string of the molecule is COC(=O)CCN(CC(C)C)CC1CCCN1. The van der Waals surface area contributed by atoms with Crippen LogP contribution in [-0.2, 0) is 9.53 Å². The Labute approximate surface area is 105 Å². The topological polar surface area (TPSA) is 41.6 Å². The van der Waals surface area contributed by atoms with Crippen molar-refractivity contribution in [1.82, 2.24) is 10.2 Å². The predicted molar refractivity (Wildman–Crippen MR) is 68.9 cm³/mol. The van der Waals surface area contributed by atoms with Gasteiger partial charge in [0.15, 0.2) is 0 Å². The van der Waals surface area contributed by atoms with Crippen molar-refractivity contribution >= 4 is 5.97 Å². The molecule has 1 rings (SSSR count).